The van der Waals surface area contributed by atoms with Gasteiger partial charge in [-0.2, -0.15) is 5.26 Å². The molecule has 0 aliphatic heterocycles. The molecule has 21 heavy (non-hydrogen) atoms. The van der Waals surface area contributed by atoms with Crippen molar-refractivity contribution >= 4 is 16.8 Å². The van der Waals surface area contributed by atoms with Gasteiger partial charge in [0.25, 0.3) is 0 Å². The van der Waals surface area contributed by atoms with Gasteiger partial charge in [-0.1, -0.05) is 18.2 Å². The van der Waals surface area contributed by atoms with E-state index in [1.165, 1.54) is 0 Å². The second kappa shape index (κ2) is 6.45. The Morgan fingerprint density at radius 2 is 2.14 bits per heavy atom. The number of benzene rings is 1. The summed E-state index contributed by atoms with van der Waals surface area (Å²) < 4.78 is 2.16. The number of aryl methyl sites for hydroxylation is 1. The van der Waals surface area contributed by atoms with E-state index in [2.05, 4.69) is 35.9 Å². The van der Waals surface area contributed by atoms with E-state index in [9.17, 15) is 4.79 Å². The summed E-state index contributed by atoms with van der Waals surface area (Å²) in [5.74, 6) is 0.0526. The molecule has 1 amide bonds. The zero-order valence-electron chi connectivity index (χ0n) is 12.8. The van der Waals surface area contributed by atoms with Crippen molar-refractivity contribution in [3.05, 3.63) is 36.0 Å². The molecule has 0 N–H and O–H groups in total. The van der Waals surface area contributed by atoms with Crippen molar-refractivity contribution in [3.63, 3.8) is 0 Å². The van der Waals surface area contributed by atoms with Gasteiger partial charge in [0, 0.05) is 36.7 Å². The van der Waals surface area contributed by atoms with Gasteiger partial charge >= 0.3 is 0 Å². The van der Waals surface area contributed by atoms with Crippen LogP contribution in [0, 0.1) is 11.3 Å². The van der Waals surface area contributed by atoms with Gasteiger partial charge in [0.2, 0.25) is 5.91 Å². The lowest BCUT2D eigenvalue weighted by Gasteiger charge is -2.22. The van der Waals surface area contributed by atoms with E-state index in [0.717, 1.165) is 23.0 Å². The number of likely N-dealkylation sites (N-methyl/N-ethyl adjacent to an activating group) is 1. The van der Waals surface area contributed by atoms with Crippen LogP contribution < -0.4 is 0 Å². The fraction of sp³-hybridized carbons (Fsp3) is 0.412. The van der Waals surface area contributed by atoms with Crippen LogP contribution in [-0.4, -0.2) is 28.5 Å². The standard InChI is InChI=1S/C17H21N3O/c1-4-20-12-14(15-7-5-6-8-16(15)20)11-17(21)19(3)13(2)9-10-18/h5-8,12-13H,4,9,11H2,1-3H3. The Morgan fingerprint density at radius 1 is 1.43 bits per heavy atom. The zero-order valence-corrected chi connectivity index (χ0v) is 12.8. The number of amides is 1. The number of nitrogens with zero attached hydrogens (tertiary/aromatic N) is 3. The molecule has 110 valence electrons. The summed E-state index contributed by atoms with van der Waals surface area (Å²) in [7, 11) is 1.77. The number of fused-ring (bicyclic) bond motifs is 1. The molecule has 0 saturated heterocycles. The molecule has 2 aromatic rings. The van der Waals surface area contributed by atoms with Gasteiger partial charge in [0.05, 0.1) is 18.9 Å². The van der Waals surface area contributed by atoms with Gasteiger partial charge in [-0.15, -0.1) is 0 Å². The zero-order chi connectivity index (χ0) is 15.4. The first kappa shape index (κ1) is 15.1. The molecule has 1 unspecified atom stereocenters. The van der Waals surface area contributed by atoms with Gasteiger partial charge < -0.3 is 9.47 Å². The number of para-hydroxylation sites is 1. The van der Waals surface area contributed by atoms with E-state index in [-0.39, 0.29) is 11.9 Å². The van der Waals surface area contributed by atoms with E-state index in [4.69, 9.17) is 5.26 Å². The van der Waals surface area contributed by atoms with Crippen molar-refractivity contribution in [2.45, 2.75) is 39.3 Å². The number of carbonyl (C=O) groups excluding carboxylic acids is 1. The third kappa shape index (κ3) is 3.08. The van der Waals surface area contributed by atoms with Crippen molar-refractivity contribution in [1.82, 2.24) is 9.47 Å². The van der Waals surface area contributed by atoms with E-state index in [1.54, 1.807) is 11.9 Å². The number of hydrogen-bond donors (Lipinski definition) is 0. The first-order valence-corrected chi connectivity index (χ1v) is 7.27. The topological polar surface area (TPSA) is 49.0 Å². The van der Waals surface area contributed by atoms with Gasteiger partial charge in [-0.05, 0) is 25.5 Å². The third-order valence-electron chi connectivity index (χ3n) is 3.99. The van der Waals surface area contributed by atoms with E-state index >= 15 is 0 Å². The monoisotopic (exact) mass is 283 g/mol. The highest BCUT2D eigenvalue weighted by Gasteiger charge is 2.18. The summed E-state index contributed by atoms with van der Waals surface area (Å²) in [5, 5.41) is 9.88. The molecule has 4 nitrogen and oxygen atoms in total. The molecule has 2 rings (SSSR count). The average molecular weight is 283 g/mol. The molecule has 0 saturated carbocycles. The van der Waals surface area contributed by atoms with E-state index in [1.807, 2.05) is 19.1 Å². The predicted octanol–water partition coefficient (Wildman–Crippen LogP) is 2.96. The predicted molar refractivity (Wildman–Crippen MR) is 83.8 cm³/mol. The molecule has 0 bridgehead atoms. The minimum absolute atomic E-state index is 0.0526. The quantitative estimate of drug-likeness (QED) is 0.847. The SMILES string of the molecule is CCn1cc(CC(=O)N(C)C(C)CC#N)c2ccccc21. The van der Waals surface area contributed by atoms with Gasteiger partial charge in [-0.25, -0.2) is 0 Å². The van der Waals surface area contributed by atoms with Crippen LogP contribution in [0.25, 0.3) is 10.9 Å². The largest absolute Gasteiger partial charge is 0.347 e. The highest BCUT2D eigenvalue weighted by molar-refractivity contribution is 5.89. The smallest absolute Gasteiger partial charge is 0.227 e. The highest BCUT2D eigenvalue weighted by Crippen LogP contribution is 2.22. The number of nitriles is 1. The van der Waals surface area contributed by atoms with Gasteiger partial charge in [0.15, 0.2) is 0 Å². The van der Waals surface area contributed by atoms with Gasteiger partial charge in [-0.3, -0.25) is 4.79 Å². The second-order valence-electron chi connectivity index (χ2n) is 5.35. The van der Waals surface area contributed by atoms with E-state index in [0.29, 0.717) is 12.8 Å². The van der Waals surface area contributed by atoms with Crippen LogP contribution in [0.15, 0.2) is 30.5 Å². The number of hydrogen-bond acceptors (Lipinski definition) is 2. The van der Waals surface area contributed by atoms with Gasteiger partial charge in [0.1, 0.15) is 0 Å². The summed E-state index contributed by atoms with van der Waals surface area (Å²) in [6.45, 7) is 4.88. The van der Waals surface area contributed by atoms with Crippen molar-refractivity contribution in [3.8, 4) is 6.07 Å². The maximum Gasteiger partial charge on any atom is 0.227 e. The molecular weight excluding hydrogens is 262 g/mol. The van der Waals surface area contributed by atoms with Crippen molar-refractivity contribution < 1.29 is 4.79 Å². The Hall–Kier alpha value is -2.28. The minimum Gasteiger partial charge on any atom is -0.347 e. The summed E-state index contributed by atoms with van der Waals surface area (Å²) in [5.41, 5.74) is 2.21. The Kier molecular flexibility index (Phi) is 4.64. The Balaban J connectivity index is 2.24. The molecule has 4 heteroatoms. The van der Waals surface area contributed by atoms with Crippen LogP contribution in [0.4, 0.5) is 0 Å². The average Bonchev–Trinajstić information content (AvgIpc) is 2.85. The van der Waals surface area contributed by atoms with Crippen LogP contribution in [-0.2, 0) is 17.8 Å². The Bertz CT molecular complexity index is 681. The molecule has 0 radical (unpaired) electrons. The number of carbonyl (C=O) groups is 1. The Labute approximate surface area is 125 Å². The number of rotatable bonds is 5. The molecular formula is C17H21N3O. The number of aromatic nitrogens is 1. The third-order valence-corrected chi connectivity index (χ3v) is 3.99. The minimum atomic E-state index is -0.0537. The van der Waals surface area contributed by atoms with Crippen molar-refractivity contribution in [2.24, 2.45) is 0 Å². The summed E-state index contributed by atoms with van der Waals surface area (Å²) in [4.78, 5) is 14.0. The van der Waals surface area contributed by atoms with Crippen molar-refractivity contribution in [1.29, 1.82) is 5.26 Å². The summed E-state index contributed by atoms with van der Waals surface area (Å²) >= 11 is 0. The molecule has 0 aliphatic carbocycles. The molecule has 1 heterocycles. The molecule has 0 spiro atoms. The van der Waals surface area contributed by atoms with Crippen LogP contribution in [0.2, 0.25) is 0 Å². The normalized spacial score (nSPS) is 12.1. The lowest BCUT2D eigenvalue weighted by atomic mass is 10.1. The van der Waals surface area contributed by atoms with Crippen LogP contribution >= 0.6 is 0 Å². The maximum absolute atomic E-state index is 12.4. The van der Waals surface area contributed by atoms with Crippen LogP contribution in [0.1, 0.15) is 25.8 Å². The lowest BCUT2D eigenvalue weighted by Crippen LogP contribution is -2.35. The van der Waals surface area contributed by atoms with Crippen LogP contribution in [0.3, 0.4) is 0 Å². The first-order valence-electron chi connectivity index (χ1n) is 7.27. The second-order valence-corrected chi connectivity index (χ2v) is 5.35. The highest BCUT2D eigenvalue weighted by atomic mass is 16.2. The molecule has 1 aromatic heterocycles. The van der Waals surface area contributed by atoms with E-state index < -0.39 is 0 Å². The Morgan fingerprint density at radius 3 is 2.81 bits per heavy atom. The maximum atomic E-state index is 12.4. The molecule has 0 aliphatic rings. The van der Waals surface area contributed by atoms with Crippen LogP contribution in [0.5, 0.6) is 0 Å². The molecule has 0 fully saturated rings. The first-order chi connectivity index (χ1) is 10.1. The molecule has 1 aromatic carbocycles. The lowest BCUT2D eigenvalue weighted by molar-refractivity contribution is -0.130. The van der Waals surface area contributed by atoms with Crippen molar-refractivity contribution in [2.75, 3.05) is 7.05 Å². The molecule has 1 atom stereocenters. The summed E-state index contributed by atoms with van der Waals surface area (Å²) in [6, 6.07) is 10.2. The fourth-order valence-electron chi connectivity index (χ4n) is 2.53. The summed E-state index contributed by atoms with van der Waals surface area (Å²) in [6.07, 6.45) is 2.80. The fourth-order valence-corrected chi connectivity index (χ4v) is 2.53.